The summed E-state index contributed by atoms with van der Waals surface area (Å²) in [6.45, 7) is 3.36. The Morgan fingerprint density at radius 3 is 2.76 bits per heavy atom. The van der Waals surface area contributed by atoms with Crippen molar-refractivity contribution in [3.8, 4) is 0 Å². The molecule has 1 atom stereocenters. The molecule has 0 aliphatic rings. The molecule has 0 saturated heterocycles. The van der Waals surface area contributed by atoms with Gasteiger partial charge in [0.05, 0.1) is 12.0 Å². The van der Waals surface area contributed by atoms with Gasteiger partial charge in [0.2, 0.25) is 5.91 Å². The molecule has 116 valence electrons. The number of hydrogen-bond donors (Lipinski definition) is 3. The monoisotopic (exact) mass is 313 g/mol. The van der Waals surface area contributed by atoms with E-state index in [0.29, 0.717) is 23.6 Å². The lowest BCUT2D eigenvalue weighted by atomic mass is 10.1. The Morgan fingerprint density at radius 1 is 1.48 bits per heavy atom. The van der Waals surface area contributed by atoms with E-state index in [9.17, 15) is 19.5 Å². The topological polar surface area (TPSA) is 112 Å². The Morgan fingerprint density at radius 2 is 2.19 bits per heavy atom. The lowest BCUT2D eigenvalue weighted by molar-refractivity contribution is -0.141. The summed E-state index contributed by atoms with van der Waals surface area (Å²) < 4.78 is 0. The van der Waals surface area contributed by atoms with Gasteiger partial charge >= 0.3 is 5.97 Å². The molecule has 0 aliphatic heterocycles. The number of imidazole rings is 1. The number of carboxylic acid groups (broad SMARTS) is 1. The van der Waals surface area contributed by atoms with Gasteiger partial charge in [-0.15, -0.1) is 0 Å². The number of unbranched alkanes of at least 4 members (excludes halogenated alkanes) is 1. The van der Waals surface area contributed by atoms with Gasteiger partial charge in [0.25, 0.3) is 0 Å². The van der Waals surface area contributed by atoms with E-state index in [1.807, 2.05) is 6.92 Å². The number of nitrogens with zero attached hydrogens (tertiary/aromatic N) is 1. The first-order chi connectivity index (χ1) is 9.93. The van der Waals surface area contributed by atoms with Crippen molar-refractivity contribution in [2.24, 2.45) is 0 Å². The molecule has 1 aromatic rings. The van der Waals surface area contributed by atoms with Crippen molar-refractivity contribution in [2.45, 2.75) is 50.6 Å². The number of nitrogens with one attached hydrogen (secondary N) is 2. The summed E-state index contributed by atoms with van der Waals surface area (Å²) >= 11 is 0.931. The zero-order valence-electron chi connectivity index (χ0n) is 12.0. The van der Waals surface area contributed by atoms with Gasteiger partial charge in [-0.1, -0.05) is 13.3 Å². The third-order valence-corrected chi connectivity index (χ3v) is 3.55. The highest BCUT2D eigenvalue weighted by atomic mass is 32.2. The van der Waals surface area contributed by atoms with Gasteiger partial charge in [0, 0.05) is 19.8 Å². The van der Waals surface area contributed by atoms with Crippen LogP contribution in [0.15, 0.2) is 11.4 Å². The third-order valence-electron chi connectivity index (χ3n) is 2.72. The fourth-order valence-electron chi connectivity index (χ4n) is 1.69. The minimum atomic E-state index is -1.12. The van der Waals surface area contributed by atoms with Crippen LogP contribution in [0.3, 0.4) is 0 Å². The molecule has 0 bridgehead atoms. The largest absolute Gasteiger partial charge is 0.480 e. The Kier molecular flexibility index (Phi) is 6.93. The quantitative estimate of drug-likeness (QED) is 0.625. The average Bonchev–Trinajstić information content (AvgIpc) is 2.82. The van der Waals surface area contributed by atoms with Gasteiger partial charge in [-0.2, -0.15) is 0 Å². The Labute approximate surface area is 126 Å². The molecular weight excluding hydrogens is 294 g/mol. The van der Waals surface area contributed by atoms with Crippen molar-refractivity contribution >= 4 is 28.8 Å². The van der Waals surface area contributed by atoms with Crippen molar-refractivity contribution < 1.29 is 19.5 Å². The standard InChI is InChI=1S/C13H19N3O4S/c1-3-4-5-11(18)16-10(13(19)20)6-9-12(15-7-14-9)21-8(2)17/h7,10H,3-6H2,1-2H3,(H,14,15)(H,16,18)(H,19,20). The first-order valence-corrected chi connectivity index (χ1v) is 7.48. The molecule has 8 heteroatoms. The molecule has 0 aliphatic carbocycles. The van der Waals surface area contributed by atoms with Crippen LogP contribution in [0.5, 0.6) is 0 Å². The smallest absolute Gasteiger partial charge is 0.326 e. The van der Waals surface area contributed by atoms with Crippen molar-refractivity contribution in [1.29, 1.82) is 0 Å². The number of aromatic nitrogens is 2. The van der Waals surface area contributed by atoms with E-state index in [2.05, 4.69) is 15.3 Å². The van der Waals surface area contributed by atoms with Crippen LogP contribution < -0.4 is 5.32 Å². The van der Waals surface area contributed by atoms with Gasteiger partial charge in [-0.05, 0) is 18.2 Å². The van der Waals surface area contributed by atoms with Gasteiger partial charge in [0.15, 0.2) is 5.12 Å². The van der Waals surface area contributed by atoms with Gasteiger partial charge in [0.1, 0.15) is 11.1 Å². The van der Waals surface area contributed by atoms with Crippen molar-refractivity contribution in [3.05, 3.63) is 12.0 Å². The molecule has 0 spiro atoms. The van der Waals surface area contributed by atoms with Gasteiger partial charge < -0.3 is 15.4 Å². The second-order valence-electron chi connectivity index (χ2n) is 4.55. The van der Waals surface area contributed by atoms with E-state index in [-0.39, 0.29) is 17.4 Å². The fraction of sp³-hybridized carbons (Fsp3) is 0.538. The highest BCUT2D eigenvalue weighted by Crippen LogP contribution is 2.20. The van der Waals surface area contributed by atoms with Crippen LogP contribution in [0, 0.1) is 0 Å². The predicted molar refractivity (Wildman–Crippen MR) is 77.9 cm³/mol. The third kappa shape index (κ3) is 5.99. The molecule has 0 fully saturated rings. The molecule has 0 radical (unpaired) electrons. The van der Waals surface area contributed by atoms with Crippen LogP contribution in [0.2, 0.25) is 0 Å². The maximum absolute atomic E-state index is 11.6. The van der Waals surface area contributed by atoms with Gasteiger partial charge in [-0.3, -0.25) is 9.59 Å². The van der Waals surface area contributed by atoms with E-state index >= 15 is 0 Å². The fourth-order valence-corrected chi connectivity index (χ4v) is 2.33. The predicted octanol–water partition coefficient (Wildman–Crippen LogP) is 1.35. The number of thioether (sulfide) groups is 1. The molecule has 0 saturated carbocycles. The molecule has 1 heterocycles. The molecule has 1 rings (SSSR count). The maximum Gasteiger partial charge on any atom is 0.326 e. The average molecular weight is 313 g/mol. The highest BCUT2D eigenvalue weighted by Gasteiger charge is 2.23. The van der Waals surface area contributed by atoms with Crippen LogP contribution in [0.1, 0.15) is 38.8 Å². The summed E-state index contributed by atoms with van der Waals surface area (Å²) in [5.41, 5.74) is 0.526. The number of carbonyl (C=O) groups excluding carboxylic acids is 2. The molecule has 1 amide bonds. The Bertz CT molecular complexity index is 515. The summed E-state index contributed by atoms with van der Waals surface area (Å²) in [5.74, 6) is -1.40. The minimum absolute atomic E-state index is 0.0583. The second-order valence-corrected chi connectivity index (χ2v) is 5.71. The molecule has 1 unspecified atom stereocenters. The van der Waals surface area contributed by atoms with E-state index < -0.39 is 12.0 Å². The number of aromatic amines is 1. The van der Waals surface area contributed by atoms with E-state index in [1.54, 1.807) is 0 Å². The molecule has 7 nitrogen and oxygen atoms in total. The maximum atomic E-state index is 11.6. The lowest BCUT2D eigenvalue weighted by Gasteiger charge is -2.14. The number of H-pyrrole nitrogens is 1. The number of carbonyl (C=O) groups is 3. The number of aliphatic carboxylic acids is 1. The first-order valence-electron chi connectivity index (χ1n) is 6.66. The Balaban J connectivity index is 2.70. The van der Waals surface area contributed by atoms with Crippen molar-refractivity contribution in [1.82, 2.24) is 15.3 Å². The highest BCUT2D eigenvalue weighted by molar-refractivity contribution is 8.13. The van der Waals surface area contributed by atoms with E-state index in [4.69, 9.17) is 0 Å². The lowest BCUT2D eigenvalue weighted by Crippen LogP contribution is -2.42. The SMILES string of the molecule is CCCCC(=O)NC(Cc1[nH]cnc1SC(C)=O)C(=O)O. The van der Waals surface area contributed by atoms with Gasteiger partial charge in [-0.25, -0.2) is 9.78 Å². The molecule has 1 aromatic heterocycles. The Hall–Kier alpha value is -1.83. The molecule has 3 N–H and O–H groups in total. The summed E-state index contributed by atoms with van der Waals surface area (Å²) in [4.78, 5) is 40.8. The molecule has 21 heavy (non-hydrogen) atoms. The number of amides is 1. The zero-order valence-corrected chi connectivity index (χ0v) is 12.8. The number of hydrogen-bond acceptors (Lipinski definition) is 5. The first kappa shape index (κ1) is 17.2. The van der Waals surface area contributed by atoms with Crippen LogP contribution in [0.4, 0.5) is 0 Å². The van der Waals surface area contributed by atoms with E-state index in [1.165, 1.54) is 13.3 Å². The minimum Gasteiger partial charge on any atom is -0.480 e. The van der Waals surface area contributed by atoms with Crippen LogP contribution in [0.25, 0.3) is 0 Å². The summed E-state index contributed by atoms with van der Waals surface area (Å²) in [6, 6.07) is -1.04. The van der Waals surface area contributed by atoms with Crippen LogP contribution in [-0.4, -0.2) is 38.1 Å². The molecule has 0 aromatic carbocycles. The molecular formula is C13H19N3O4S. The summed E-state index contributed by atoms with van der Waals surface area (Å²) in [5, 5.41) is 12.0. The van der Waals surface area contributed by atoms with Crippen molar-refractivity contribution in [2.75, 3.05) is 0 Å². The van der Waals surface area contributed by atoms with Crippen molar-refractivity contribution in [3.63, 3.8) is 0 Å². The number of rotatable bonds is 8. The van der Waals surface area contributed by atoms with Crippen LogP contribution >= 0.6 is 11.8 Å². The van der Waals surface area contributed by atoms with Crippen LogP contribution in [-0.2, 0) is 20.8 Å². The summed E-state index contributed by atoms with van der Waals surface area (Å²) in [7, 11) is 0. The number of carboxylic acids is 1. The zero-order chi connectivity index (χ0) is 15.8. The summed E-state index contributed by atoms with van der Waals surface area (Å²) in [6.07, 6.45) is 3.35. The second kappa shape index (κ2) is 8.46. The normalized spacial score (nSPS) is 11.9. The van der Waals surface area contributed by atoms with E-state index in [0.717, 1.165) is 18.2 Å².